The second-order valence-electron chi connectivity index (χ2n) is 9.29. The number of rotatable bonds is 9. The zero-order valence-corrected chi connectivity index (χ0v) is 20.7. The van der Waals surface area contributed by atoms with E-state index >= 15 is 0 Å². The van der Waals surface area contributed by atoms with E-state index in [-0.39, 0.29) is 35.8 Å². The number of ether oxygens (including phenoxy) is 4. The smallest absolute Gasteiger partial charge is 0.434 e. The van der Waals surface area contributed by atoms with Crippen LogP contribution in [0.3, 0.4) is 0 Å². The summed E-state index contributed by atoms with van der Waals surface area (Å²) in [6, 6.07) is 5.78. The second kappa shape index (κ2) is 12.2. The molecule has 3 N–H and O–H groups in total. The van der Waals surface area contributed by atoms with Gasteiger partial charge in [-0.05, 0) is 44.2 Å². The number of nitrogens with two attached hydrogens (primary N) is 1. The molecule has 1 aliphatic rings. The Morgan fingerprint density at radius 2 is 1.66 bits per heavy atom. The van der Waals surface area contributed by atoms with E-state index in [9.17, 15) is 19.7 Å². The van der Waals surface area contributed by atoms with Crippen molar-refractivity contribution < 1.29 is 33.5 Å². The molecular weight excluding hydrogens is 458 g/mol. The molecule has 1 atom stereocenters. The van der Waals surface area contributed by atoms with E-state index in [1.807, 2.05) is 20.8 Å². The second-order valence-corrected chi connectivity index (χ2v) is 9.29. The maximum Gasteiger partial charge on any atom is 0.513 e. The molecule has 35 heavy (non-hydrogen) atoms. The highest BCUT2D eigenvalue weighted by molar-refractivity contribution is 5.65. The minimum Gasteiger partial charge on any atom is -0.434 e. The number of unbranched alkanes of at least 4 members (excludes halogenated alkanes) is 1. The zero-order chi connectivity index (χ0) is 26.2. The van der Waals surface area contributed by atoms with E-state index < -0.39 is 23.2 Å². The Labute approximate surface area is 204 Å². The van der Waals surface area contributed by atoms with Crippen LogP contribution in [-0.4, -0.2) is 37.0 Å². The van der Waals surface area contributed by atoms with Crippen molar-refractivity contribution in [3.05, 3.63) is 62.9 Å². The van der Waals surface area contributed by atoms with Gasteiger partial charge in [0.2, 0.25) is 0 Å². The first-order valence-electron chi connectivity index (χ1n) is 11.2. The maximum atomic E-state index is 12.5. The fourth-order valence-electron chi connectivity index (χ4n) is 3.26. The molecule has 11 heteroatoms. The summed E-state index contributed by atoms with van der Waals surface area (Å²) in [6.07, 6.45) is -0.648. The Morgan fingerprint density at radius 3 is 2.20 bits per heavy atom. The van der Waals surface area contributed by atoms with E-state index in [4.69, 9.17) is 24.7 Å². The summed E-state index contributed by atoms with van der Waals surface area (Å²) >= 11 is 0. The van der Waals surface area contributed by atoms with Crippen molar-refractivity contribution in [3.63, 3.8) is 0 Å². The zero-order valence-electron chi connectivity index (χ0n) is 20.7. The third kappa shape index (κ3) is 8.29. The molecule has 2 rings (SSSR count). The van der Waals surface area contributed by atoms with Gasteiger partial charge in [0.15, 0.2) is 0 Å². The number of carbonyl (C=O) groups excluding carboxylic acids is 2. The van der Waals surface area contributed by atoms with E-state index in [1.165, 1.54) is 18.2 Å². The average molecular weight is 492 g/mol. The van der Waals surface area contributed by atoms with Crippen LogP contribution in [-0.2, 0) is 18.9 Å². The molecule has 11 nitrogen and oxygen atoms in total. The van der Waals surface area contributed by atoms with Crippen molar-refractivity contribution in [1.29, 1.82) is 0 Å². The van der Waals surface area contributed by atoms with Gasteiger partial charge in [-0.2, -0.15) is 0 Å². The molecule has 0 spiro atoms. The first kappa shape index (κ1) is 27.6. The maximum absolute atomic E-state index is 12.5. The van der Waals surface area contributed by atoms with Gasteiger partial charge in [-0.15, -0.1) is 0 Å². The van der Waals surface area contributed by atoms with E-state index in [0.29, 0.717) is 36.3 Å². The molecule has 0 fully saturated rings. The van der Waals surface area contributed by atoms with Gasteiger partial charge in [-0.3, -0.25) is 10.1 Å². The van der Waals surface area contributed by atoms with Crippen molar-refractivity contribution in [3.8, 4) is 0 Å². The standard InChI is InChI=1S/C24H33N3O8/c1-15-20(34-22(28)32-12-7-6-11-25)19(17-9-8-10-18(13-17)27(30)31)21(16(2)26-15)35-23(29)33-14-24(3,4)5/h8-10,13,19,26H,6-7,11-12,14,25H2,1-5H3. The lowest BCUT2D eigenvalue weighted by Crippen LogP contribution is -2.30. The SMILES string of the molecule is CC1=C(OC(=O)OCCCCN)C(c2cccc([N+](=O)[O-])c2)C(OC(=O)OCC(C)(C)C)=C(C)N1. The van der Waals surface area contributed by atoms with Crippen LogP contribution in [0, 0.1) is 15.5 Å². The summed E-state index contributed by atoms with van der Waals surface area (Å²) in [5.74, 6) is -0.783. The summed E-state index contributed by atoms with van der Waals surface area (Å²) in [7, 11) is 0. The molecule has 0 aliphatic carbocycles. The Kier molecular flexibility index (Phi) is 9.64. The Morgan fingerprint density at radius 1 is 1.06 bits per heavy atom. The van der Waals surface area contributed by atoms with Gasteiger partial charge in [0.05, 0.1) is 29.5 Å². The van der Waals surface area contributed by atoms with Crippen molar-refractivity contribution >= 4 is 18.0 Å². The number of hydrogen-bond acceptors (Lipinski definition) is 10. The van der Waals surface area contributed by atoms with E-state index in [1.54, 1.807) is 19.9 Å². The predicted octanol–water partition coefficient (Wildman–Crippen LogP) is 4.84. The van der Waals surface area contributed by atoms with Gasteiger partial charge in [0.1, 0.15) is 17.4 Å². The lowest BCUT2D eigenvalue weighted by atomic mass is 9.90. The van der Waals surface area contributed by atoms with Crippen molar-refractivity contribution in [1.82, 2.24) is 5.32 Å². The molecule has 0 radical (unpaired) electrons. The minimum atomic E-state index is -0.956. The Hall–Kier alpha value is -3.60. The molecule has 1 unspecified atom stereocenters. The van der Waals surface area contributed by atoms with Gasteiger partial charge >= 0.3 is 12.3 Å². The molecule has 0 saturated heterocycles. The van der Waals surface area contributed by atoms with Crippen LogP contribution in [0.1, 0.15) is 58.9 Å². The highest BCUT2D eigenvalue weighted by atomic mass is 16.7. The van der Waals surface area contributed by atoms with E-state index in [2.05, 4.69) is 5.32 Å². The lowest BCUT2D eigenvalue weighted by molar-refractivity contribution is -0.384. The molecule has 1 aromatic carbocycles. The molecular formula is C24H33N3O8. The van der Waals surface area contributed by atoms with Crippen LogP contribution in [0.25, 0.3) is 0 Å². The monoisotopic (exact) mass is 491 g/mol. The molecule has 0 bridgehead atoms. The van der Waals surface area contributed by atoms with Crippen molar-refractivity contribution in [2.24, 2.45) is 11.1 Å². The first-order valence-corrected chi connectivity index (χ1v) is 11.2. The largest absolute Gasteiger partial charge is 0.513 e. The van der Waals surface area contributed by atoms with Crippen molar-refractivity contribution in [2.45, 2.75) is 53.4 Å². The van der Waals surface area contributed by atoms with Gasteiger partial charge in [-0.25, -0.2) is 9.59 Å². The van der Waals surface area contributed by atoms with Crippen LogP contribution in [0.4, 0.5) is 15.3 Å². The average Bonchev–Trinajstić information content (AvgIpc) is 2.78. The Balaban J connectivity index is 2.39. The fraction of sp³-hybridized carbons (Fsp3) is 0.500. The number of nitrogens with one attached hydrogen (secondary N) is 1. The van der Waals surface area contributed by atoms with Crippen molar-refractivity contribution in [2.75, 3.05) is 19.8 Å². The summed E-state index contributed by atoms with van der Waals surface area (Å²) in [4.78, 5) is 35.7. The lowest BCUT2D eigenvalue weighted by Gasteiger charge is -2.30. The number of non-ortho nitro benzene ring substituents is 1. The van der Waals surface area contributed by atoms with Crippen LogP contribution < -0.4 is 11.1 Å². The number of benzene rings is 1. The minimum absolute atomic E-state index is 0.0820. The molecule has 1 heterocycles. The summed E-state index contributed by atoms with van der Waals surface area (Å²) in [5.41, 5.74) is 6.28. The highest BCUT2D eigenvalue weighted by Gasteiger charge is 2.36. The third-order valence-electron chi connectivity index (χ3n) is 4.88. The summed E-state index contributed by atoms with van der Waals surface area (Å²) < 4.78 is 21.4. The number of nitro groups is 1. The molecule has 192 valence electrons. The Bertz CT molecular complexity index is 1010. The third-order valence-corrected chi connectivity index (χ3v) is 4.88. The van der Waals surface area contributed by atoms with Crippen LogP contribution in [0.15, 0.2) is 47.2 Å². The summed E-state index contributed by atoms with van der Waals surface area (Å²) in [5, 5.41) is 14.4. The predicted molar refractivity (Wildman–Crippen MR) is 127 cm³/mol. The fourth-order valence-corrected chi connectivity index (χ4v) is 3.26. The van der Waals surface area contributed by atoms with Gasteiger partial charge < -0.3 is 30.0 Å². The number of nitro benzene ring substituents is 1. The van der Waals surface area contributed by atoms with Gasteiger partial charge in [-0.1, -0.05) is 32.9 Å². The normalized spacial score (nSPS) is 15.9. The number of nitrogens with zero attached hydrogens (tertiary/aromatic N) is 1. The first-order chi connectivity index (χ1) is 16.4. The quantitative estimate of drug-likeness (QED) is 0.212. The van der Waals surface area contributed by atoms with Gasteiger partial charge in [0, 0.05) is 12.1 Å². The number of hydrogen-bond donors (Lipinski definition) is 2. The summed E-state index contributed by atoms with van der Waals surface area (Å²) in [6.45, 7) is 9.73. The number of dihydropyridines is 1. The molecule has 1 aromatic rings. The van der Waals surface area contributed by atoms with Gasteiger partial charge in [0.25, 0.3) is 5.69 Å². The van der Waals surface area contributed by atoms with Crippen LogP contribution in [0.5, 0.6) is 0 Å². The molecule has 0 aromatic heterocycles. The number of carbonyl (C=O) groups is 2. The topological polar surface area (TPSA) is 152 Å². The van der Waals surface area contributed by atoms with E-state index in [0.717, 1.165) is 0 Å². The molecule has 0 amide bonds. The number of allylic oxidation sites excluding steroid dienone is 2. The highest BCUT2D eigenvalue weighted by Crippen LogP contribution is 2.40. The molecule has 0 saturated carbocycles. The van der Waals surface area contributed by atoms with Crippen LogP contribution >= 0.6 is 0 Å². The molecule has 1 aliphatic heterocycles. The van der Waals surface area contributed by atoms with Crippen LogP contribution in [0.2, 0.25) is 0 Å².